The van der Waals surface area contributed by atoms with Crippen LogP contribution in [-0.2, 0) is 6.61 Å². The molecule has 0 bridgehead atoms. The summed E-state index contributed by atoms with van der Waals surface area (Å²) in [6.07, 6.45) is 0.749. The van der Waals surface area contributed by atoms with Gasteiger partial charge in [0.25, 0.3) is 0 Å². The highest BCUT2D eigenvalue weighted by Crippen LogP contribution is 2.38. The molecule has 3 aromatic rings. The third-order valence-electron chi connectivity index (χ3n) is 3.82. The molecule has 0 aliphatic carbocycles. The maximum absolute atomic E-state index is 11.0. The van der Waals surface area contributed by atoms with Crippen molar-refractivity contribution in [3.05, 3.63) is 82.9 Å². The van der Waals surface area contributed by atoms with Crippen LogP contribution in [0.5, 0.6) is 11.5 Å². The number of benzene rings is 3. The summed E-state index contributed by atoms with van der Waals surface area (Å²) >= 11 is 6.34. The highest BCUT2D eigenvalue weighted by atomic mass is 35.5. The van der Waals surface area contributed by atoms with Crippen LogP contribution in [-0.4, -0.2) is 13.4 Å². The fourth-order valence-electron chi connectivity index (χ4n) is 2.57. The van der Waals surface area contributed by atoms with E-state index < -0.39 is 0 Å². The van der Waals surface area contributed by atoms with Crippen LogP contribution >= 0.6 is 11.6 Å². The van der Waals surface area contributed by atoms with Gasteiger partial charge >= 0.3 is 0 Å². The lowest BCUT2D eigenvalue weighted by molar-refractivity contribution is 0.112. The number of hydrogen-bond donors (Lipinski definition) is 0. The number of carbonyl (C=O) groups excluding carboxylic acids is 1. The molecule has 25 heavy (non-hydrogen) atoms. The Morgan fingerprint density at radius 3 is 2.36 bits per heavy atom. The van der Waals surface area contributed by atoms with E-state index in [4.69, 9.17) is 21.1 Å². The van der Waals surface area contributed by atoms with Gasteiger partial charge in [-0.1, -0.05) is 54.1 Å². The van der Waals surface area contributed by atoms with Crippen molar-refractivity contribution in [3.63, 3.8) is 0 Å². The molecule has 0 amide bonds. The summed E-state index contributed by atoms with van der Waals surface area (Å²) in [5.41, 5.74) is 3.24. The van der Waals surface area contributed by atoms with Gasteiger partial charge < -0.3 is 9.47 Å². The van der Waals surface area contributed by atoms with Gasteiger partial charge in [0.15, 0.2) is 0 Å². The first-order valence-corrected chi connectivity index (χ1v) is 8.19. The van der Waals surface area contributed by atoms with Crippen molar-refractivity contribution >= 4 is 17.9 Å². The minimum atomic E-state index is 0.472. The molecule has 126 valence electrons. The number of halogens is 1. The zero-order valence-corrected chi connectivity index (χ0v) is 14.5. The molecule has 4 heteroatoms. The Morgan fingerprint density at radius 1 is 1.00 bits per heavy atom. The molecule has 0 atom stereocenters. The largest absolute Gasteiger partial charge is 0.496 e. The van der Waals surface area contributed by atoms with Gasteiger partial charge in [-0.25, -0.2) is 0 Å². The minimum absolute atomic E-state index is 0.472. The quantitative estimate of drug-likeness (QED) is 0.556. The molecule has 0 spiro atoms. The van der Waals surface area contributed by atoms with Crippen LogP contribution in [0.25, 0.3) is 11.1 Å². The second kappa shape index (κ2) is 7.86. The van der Waals surface area contributed by atoms with Gasteiger partial charge in [-0.05, 0) is 35.4 Å². The van der Waals surface area contributed by atoms with Crippen LogP contribution in [0.15, 0.2) is 66.7 Å². The third-order valence-corrected chi connectivity index (χ3v) is 4.12. The van der Waals surface area contributed by atoms with Crippen LogP contribution < -0.4 is 9.47 Å². The molecule has 0 aliphatic rings. The molecule has 0 radical (unpaired) electrons. The van der Waals surface area contributed by atoms with Crippen molar-refractivity contribution < 1.29 is 14.3 Å². The second-order valence-electron chi connectivity index (χ2n) is 5.50. The number of rotatable bonds is 6. The second-order valence-corrected chi connectivity index (χ2v) is 5.90. The summed E-state index contributed by atoms with van der Waals surface area (Å²) in [6, 6.07) is 20.9. The summed E-state index contributed by atoms with van der Waals surface area (Å²) in [5.74, 6) is 1.33. The molecule has 0 aliphatic heterocycles. The molecule has 0 heterocycles. The fourth-order valence-corrected chi connectivity index (χ4v) is 2.90. The monoisotopic (exact) mass is 352 g/mol. The van der Waals surface area contributed by atoms with Crippen molar-refractivity contribution in [2.45, 2.75) is 6.61 Å². The maximum atomic E-state index is 11.0. The molecule has 0 saturated heterocycles. The van der Waals surface area contributed by atoms with Gasteiger partial charge in [-0.15, -0.1) is 0 Å². The first-order chi connectivity index (χ1) is 12.2. The molecule has 0 saturated carbocycles. The number of hydrogen-bond acceptors (Lipinski definition) is 3. The Labute approximate surface area is 151 Å². The predicted molar refractivity (Wildman–Crippen MR) is 99.6 cm³/mol. The number of methoxy groups -OCH3 is 1. The van der Waals surface area contributed by atoms with E-state index in [2.05, 4.69) is 0 Å². The van der Waals surface area contributed by atoms with E-state index in [1.807, 2.05) is 54.6 Å². The van der Waals surface area contributed by atoms with Crippen LogP contribution in [0, 0.1) is 0 Å². The Kier molecular flexibility index (Phi) is 5.36. The van der Waals surface area contributed by atoms with E-state index in [0.29, 0.717) is 22.9 Å². The van der Waals surface area contributed by atoms with Gasteiger partial charge in [-0.2, -0.15) is 0 Å². The van der Waals surface area contributed by atoms with E-state index in [1.54, 1.807) is 19.2 Å². The topological polar surface area (TPSA) is 35.5 Å². The Morgan fingerprint density at radius 2 is 1.72 bits per heavy atom. The van der Waals surface area contributed by atoms with Crippen molar-refractivity contribution in [1.82, 2.24) is 0 Å². The minimum Gasteiger partial charge on any atom is -0.496 e. The van der Waals surface area contributed by atoms with Crippen molar-refractivity contribution in [1.29, 1.82) is 0 Å². The van der Waals surface area contributed by atoms with Crippen LogP contribution in [0.2, 0.25) is 5.02 Å². The SMILES string of the molecule is COc1cc(C=O)cc(Cl)c1-c1ccc(OCc2ccccc2)cc1. The molecule has 3 rings (SSSR count). The van der Waals surface area contributed by atoms with E-state index in [0.717, 1.165) is 28.7 Å². The molecule has 3 aromatic carbocycles. The van der Waals surface area contributed by atoms with Gasteiger partial charge in [0.05, 0.1) is 12.1 Å². The van der Waals surface area contributed by atoms with Crippen molar-refractivity contribution in [3.8, 4) is 22.6 Å². The summed E-state index contributed by atoms with van der Waals surface area (Å²) in [4.78, 5) is 11.0. The smallest absolute Gasteiger partial charge is 0.150 e. The highest BCUT2D eigenvalue weighted by Gasteiger charge is 2.12. The number of ether oxygens (including phenoxy) is 2. The maximum Gasteiger partial charge on any atom is 0.150 e. The molecule has 3 nitrogen and oxygen atoms in total. The van der Waals surface area contributed by atoms with Crippen LogP contribution in [0.4, 0.5) is 0 Å². The molecular weight excluding hydrogens is 336 g/mol. The summed E-state index contributed by atoms with van der Waals surface area (Å²) < 4.78 is 11.2. The fraction of sp³-hybridized carbons (Fsp3) is 0.0952. The molecule has 0 aromatic heterocycles. The van der Waals surface area contributed by atoms with Gasteiger partial charge in [0.1, 0.15) is 24.4 Å². The standard InChI is InChI=1S/C21H17ClO3/c1-24-20-12-16(13-23)11-19(22)21(20)17-7-9-18(10-8-17)25-14-15-5-3-2-4-6-15/h2-13H,14H2,1H3. The number of carbonyl (C=O) groups is 1. The first kappa shape index (κ1) is 17.1. The summed E-state index contributed by atoms with van der Waals surface area (Å²) in [5, 5.41) is 0.472. The van der Waals surface area contributed by atoms with E-state index in [-0.39, 0.29) is 0 Å². The first-order valence-electron chi connectivity index (χ1n) is 7.81. The predicted octanol–water partition coefficient (Wildman–Crippen LogP) is 5.41. The lowest BCUT2D eigenvalue weighted by Gasteiger charge is -2.13. The van der Waals surface area contributed by atoms with Gasteiger partial charge in [0, 0.05) is 11.1 Å². The van der Waals surface area contributed by atoms with Crippen molar-refractivity contribution in [2.75, 3.05) is 7.11 Å². The van der Waals surface area contributed by atoms with Gasteiger partial charge in [-0.3, -0.25) is 4.79 Å². The van der Waals surface area contributed by atoms with Gasteiger partial charge in [0.2, 0.25) is 0 Å². The average molecular weight is 353 g/mol. The zero-order chi connectivity index (χ0) is 17.6. The Hall–Kier alpha value is -2.78. The molecule has 0 N–H and O–H groups in total. The normalized spacial score (nSPS) is 10.3. The lowest BCUT2D eigenvalue weighted by Crippen LogP contribution is -1.95. The van der Waals surface area contributed by atoms with E-state index in [1.165, 1.54) is 0 Å². The Balaban J connectivity index is 1.82. The highest BCUT2D eigenvalue weighted by molar-refractivity contribution is 6.34. The van der Waals surface area contributed by atoms with Crippen LogP contribution in [0.3, 0.4) is 0 Å². The zero-order valence-electron chi connectivity index (χ0n) is 13.7. The van der Waals surface area contributed by atoms with E-state index >= 15 is 0 Å². The number of aldehydes is 1. The Bertz CT molecular complexity index is 858. The summed E-state index contributed by atoms with van der Waals surface area (Å²) in [7, 11) is 1.56. The molecule has 0 unspecified atom stereocenters. The van der Waals surface area contributed by atoms with E-state index in [9.17, 15) is 4.79 Å². The van der Waals surface area contributed by atoms with Crippen molar-refractivity contribution in [2.24, 2.45) is 0 Å². The lowest BCUT2D eigenvalue weighted by atomic mass is 10.0. The van der Waals surface area contributed by atoms with Crippen LogP contribution in [0.1, 0.15) is 15.9 Å². The average Bonchev–Trinajstić information content (AvgIpc) is 2.67. The third kappa shape index (κ3) is 4.01. The molecular formula is C21H17ClO3. The molecule has 0 fully saturated rings. The summed E-state index contributed by atoms with van der Waals surface area (Å²) in [6.45, 7) is 0.512.